The molecule has 1 aromatic heterocycles. The van der Waals surface area contributed by atoms with Gasteiger partial charge in [0.15, 0.2) is 0 Å². The number of benzene rings is 2. The Balaban J connectivity index is 1.38. The van der Waals surface area contributed by atoms with E-state index in [2.05, 4.69) is 12.1 Å². The van der Waals surface area contributed by atoms with Gasteiger partial charge >= 0.3 is 0 Å². The van der Waals surface area contributed by atoms with Crippen molar-refractivity contribution in [2.45, 2.75) is 6.54 Å². The van der Waals surface area contributed by atoms with Crippen molar-refractivity contribution in [1.29, 1.82) is 0 Å². The Kier molecular flexibility index (Phi) is 5.14. The van der Waals surface area contributed by atoms with Crippen molar-refractivity contribution >= 4 is 50.7 Å². The number of rotatable bonds is 3. The summed E-state index contributed by atoms with van der Waals surface area (Å²) in [5.41, 5.74) is 1.59. The first-order valence-corrected chi connectivity index (χ1v) is 10.1. The van der Waals surface area contributed by atoms with E-state index in [0.29, 0.717) is 15.6 Å². The first-order chi connectivity index (χ1) is 12.6. The normalized spacial score (nSPS) is 15.5. The molecule has 1 saturated heterocycles. The Labute approximate surface area is 166 Å². The van der Waals surface area contributed by atoms with E-state index in [9.17, 15) is 4.79 Å². The molecule has 134 valence electrons. The van der Waals surface area contributed by atoms with Crippen LogP contribution in [0.25, 0.3) is 10.2 Å². The fraction of sp³-hybridized carbons (Fsp3) is 0.263. The summed E-state index contributed by atoms with van der Waals surface area (Å²) in [6.07, 6.45) is 0. The van der Waals surface area contributed by atoms with Crippen molar-refractivity contribution in [2.24, 2.45) is 0 Å². The molecule has 26 heavy (non-hydrogen) atoms. The van der Waals surface area contributed by atoms with Gasteiger partial charge in [-0.1, -0.05) is 35.3 Å². The Morgan fingerprint density at radius 1 is 1.15 bits per heavy atom. The summed E-state index contributed by atoms with van der Waals surface area (Å²) >= 11 is 13.8. The fourth-order valence-electron chi connectivity index (χ4n) is 3.25. The number of carbonyl (C=O) groups is 1. The number of piperazine rings is 1. The summed E-state index contributed by atoms with van der Waals surface area (Å²) in [4.78, 5) is 20.7. The second-order valence-electron chi connectivity index (χ2n) is 6.42. The summed E-state index contributed by atoms with van der Waals surface area (Å²) < 4.78 is 1.23. The van der Waals surface area contributed by atoms with Gasteiger partial charge in [0.05, 0.1) is 47.0 Å². The monoisotopic (exact) mass is 406 g/mol. The van der Waals surface area contributed by atoms with Crippen molar-refractivity contribution in [1.82, 2.24) is 9.88 Å². The Morgan fingerprint density at radius 3 is 2.65 bits per heavy atom. The summed E-state index contributed by atoms with van der Waals surface area (Å²) in [6, 6.07) is 13.2. The number of para-hydroxylation sites is 1. The maximum atomic E-state index is 12.7. The van der Waals surface area contributed by atoms with Crippen LogP contribution in [-0.4, -0.2) is 42.0 Å². The molecule has 0 bridgehead atoms. The van der Waals surface area contributed by atoms with Crippen LogP contribution in [0.3, 0.4) is 0 Å². The lowest BCUT2D eigenvalue weighted by atomic mass is 10.2. The van der Waals surface area contributed by atoms with Gasteiger partial charge in [0.1, 0.15) is 11.6 Å². The molecule has 1 aliphatic heterocycles. The molecule has 0 atom stereocenters. The number of amides is 1. The van der Waals surface area contributed by atoms with Crippen molar-refractivity contribution < 1.29 is 9.69 Å². The molecule has 0 radical (unpaired) electrons. The van der Waals surface area contributed by atoms with Gasteiger partial charge in [-0.25, -0.2) is 4.98 Å². The highest BCUT2D eigenvalue weighted by Gasteiger charge is 2.26. The first kappa shape index (κ1) is 17.7. The Morgan fingerprint density at radius 2 is 1.92 bits per heavy atom. The largest absolute Gasteiger partial charge is 0.327 e. The van der Waals surface area contributed by atoms with Gasteiger partial charge < -0.3 is 9.80 Å². The summed E-state index contributed by atoms with van der Waals surface area (Å²) in [6.45, 7) is 4.17. The average molecular weight is 407 g/mol. The van der Waals surface area contributed by atoms with Gasteiger partial charge in [0.25, 0.3) is 5.91 Å². The van der Waals surface area contributed by atoms with Crippen LogP contribution in [0.5, 0.6) is 0 Å². The summed E-state index contributed by atoms with van der Waals surface area (Å²) in [5, 5.41) is 2.10. The highest BCUT2D eigenvalue weighted by Crippen LogP contribution is 2.23. The molecule has 1 aliphatic rings. The van der Waals surface area contributed by atoms with Gasteiger partial charge in [-0.3, -0.25) is 4.79 Å². The third-order valence-electron chi connectivity index (χ3n) is 4.66. The molecule has 0 spiro atoms. The van der Waals surface area contributed by atoms with Crippen LogP contribution in [0.15, 0.2) is 42.5 Å². The van der Waals surface area contributed by atoms with Crippen molar-refractivity contribution in [2.75, 3.05) is 26.2 Å². The fourth-order valence-corrected chi connectivity index (χ4v) is 4.77. The minimum absolute atomic E-state index is 0.0225. The number of thiazole rings is 1. The minimum Gasteiger partial charge on any atom is -0.327 e. The second-order valence-corrected chi connectivity index (χ2v) is 8.38. The lowest BCUT2D eigenvalue weighted by Crippen LogP contribution is -3.13. The average Bonchev–Trinajstić information content (AvgIpc) is 3.04. The number of carbonyl (C=O) groups excluding carboxylic acids is 1. The minimum atomic E-state index is -0.0225. The SMILES string of the molecule is O=C(c1ccc(Cl)cc1Cl)N1CC[NH+](Cc2nc3ccccc3s2)CC1. The molecule has 0 unspecified atom stereocenters. The molecule has 1 amide bonds. The number of nitrogens with one attached hydrogen (secondary N) is 1. The molecular weight excluding hydrogens is 389 g/mol. The van der Waals surface area contributed by atoms with Crippen molar-refractivity contribution in [3.63, 3.8) is 0 Å². The molecule has 2 aromatic carbocycles. The highest BCUT2D eigenvalue weighted by atomic mass is 35.5. The molecule has 7 heteroatoms. The molecule has 4 nitrogen and oxygen atoms in total. The van der Waals surface area contributed by atoms with Gasteiger partial charge in [-0.15, -0.1) is 11.3 Å². The molecule has 4 rings (SSSR count). The van der Waals surface area contributed by atoms with Crippen LogP contribution >= 0.6 is 34.5 Å². The van der Waals surface area contributed by atoms with E-state index >= 15 is 0 Å². The van der Waals surface area contributed by atoms with Crippen LogP contribution in [-0.2, 0) is 6.54 Å². The summed E-state index contributed by atoms with van der Waals surface area (Å²) in [5.74, 6) is -0.0225. The number of aromatic nitrogens is 1. The van der Waals surface area contributed by atoms with Crippen LogP contribution in [0, 0.1) is 0 Å². The number of nitrogens with zero attached hydrogens (tertiary/aromatic N) is 2. The number of halogens is 2. The molecular formula is C19H18Cl2N3OS+. The van der Waals surface area contributed by atoms with Gasteiger partial charge in [0.2, 0.25) is 0 Å². The van der Waals surface area contributed by atoms with E-state index in [4.69, 9.17) is 28.2 Å². The molecule has 0 aliphatic carbocycles. The van der Waals surface area contributed by atoms with E-state index in [1.165, 1.54) is 9.60 Å². The van der Waals surface area contributed by atoms with E-state index in [0.717, 1.165) is 43.2 Å². The predicted molar refractivity (Wildman–Crippen MR) is 106 cm³/mol. The number of hydrogen-bond donors (Lipinski definition) is 1. The van der Waals surface area contributed by atoms with Crippen LogP contribution in [0.1, 0.15) is 15.4 Å². The highest BCUT2D eigenvalue weighted by molar-refractivity contribution is 7.18. The van der Waals surface area contributed by atoms with Crippen LogP contribution in [0.2, 0.25) is 10.0 Å². The van der Waals surface area contributed by atoms with Crippen LogP contribution < -0.4 is 4.90 Å². The Bertz CT molecular complexity index is 918. The zero-order valence-electron chi connectivity index (χ0n) is 14.0. The number of fused-ring (bicyclic) bond motifs is 1. The topological polar surface area (TPSA) is 37.6 Å². The van der Waals surface area contributed by atoms with Crippen molar-refractivity contribution in [3.05, 3.63) is 63.1 Å². The van der Waals surface area contributed by atoms with E-state index in [1.807, 2.05) is 17.0 Å². The molecule has 0 saturated carbocycles. The van der Waals surface area contributed by atoms with Crippen LogP contribution in [0.4, 0.5) is 0 Å². The molecule has 1 fully saturated rings. The van der Waals surface area contributed by atoms with Gasteiger partial charge in [-0.2, -0.15) is 0 Å². The standard InChI is InChI=1S/C19H17Cl2N3OS/c20-13-5-6-14(15(21)11-13)19(25)24-9-7-23(8-10-24)12-18-22-16-3-1-2-4-17(16)26-18/h1-6,11H,7-10,12H2/p+1. The van der Waals surface area contributed by atoms with E-state index in [-0.39, 0.29) is 5.91 Å². The zero-order chi connectivity index (χ0) is 18.1. The lowest BCUT2D eigenvalue weighted by Gasteiger charge is -2.32. The van der Waals surface area contributed by atoms with Gasteiger partial charge in [-0.05, 0) is 30.3 Å². The maximum absolute atomic E-state index is 12.7. The third-order valence-corrected chi connectivity index (χ3v) is 6.24. The molecule has 1 N–H and O–H groups in total. The second kappa shape index (κ2) is 7.53. The van der Waals surface area contributed by atoms with E-state index in [1.54, 1.807) is 29.5 Å². The van der Waals surface area contributed by atoms with Gasteiger partial charge in [0, 0.05) is 5.02 Å². The molecule has 2 heterocycles. The quantitative estimate of drug-likeness (QED) is 0.725. The third kappa shape index (κ3) is 3.71. The maximum Gasteiger partial charge on any atom is 0.255 e. The predicted octanol–water partition coefficient (Wildman–Crippen LogP) is 3.14. The van der Waals surface area contributed by atoms with E-state index < -0.39 is 0 Å². The number of hydrogen-bond acceptors (Lipinski definition) is 3. The zero-order valence-corrected chi connectivity index (χ0v) is 16.4. The Hall–Kier alpha value is -1.66. The number of quaternary nitrogens is 1. The summed E-state index contributed by atoms with van der Waals surface area (Å²) in [7, 11) is 0. The first-order valence-electron chi connectivity index (χ1n) is 8.52. The molecule has 3 aromatic rings. The smallest absolute Gasteiger partial charge is 0.255 e. The lowest BCUT2D eigenvalue weighted by molar-refractivity contribution is -0.917. The van der Waals surface area contributed by atoms with Crippen molar-refractivity contribution in [3.8, 4) is 0 Å².